The normalized spacial score (nSPS) is 22.1. The molecule has 2 aliphatic rings. The first kappa shape index (κ1) is 18.2. The Morgan fingerprint density at radius 3 is 2.80 bits per heavy atom. The van der Waals surface area contributed by atoms with Gasteiger partial charge in [-0.2, -0.15) is 5.10 Å². The van der Waals surface area contributed by atoms with Crippen LogP contribution in [0.25, 0.3) is 0 Å². The summed E-state index contributed by atoms with van der Waals surface area (Å²) in [7, 11) is 1.94. The van der Waals surface area contributed by atoms with Gasteiger partial charge >= 0.3 is 6.03 Å². The number of amides is 2. The van der Waals surface area contributed by atoms with E-state index in [0.29, 0.717) is 25.2 Å². The molecule has 1 N–H and O–H groups in total. The molecule has 1 aromatic rings. The largest absolute Gasteiger partial charge is 0.376 e. The van der Waals surface area contributed by atoms with Crippen LogP contribution in [-0.4, -0.2) is 53.1 Å². The average Bonchev–Trinajstić information content (AvgIpc) is 3.14. The minimum atomic E-state index is 0.0538. The second kappa shape index (κ2) is 9.22. The zero-order valence-electron chi connectivity index (χ0n) is 15.5. The number of nitrogens with one attached hydrogen (secondary N) is 1. The molecule has 2 fully saturated rings. The van der Waals surface area contributed by atoms with E-state index in [2.05, 4.69) is 16.6 Å². The Kier molecular flexibility index (Phi) is 6.73. The van der Waals surface area contributed by atoms with E-state index in [1.807, 2.05) is 22.8 Å². The molecule has 1 atom stereocenters. The summed E-state index contributed by atoms with van der Waals surface area (Å²) in [4.78, 5) is 14.2. The van der Waals surface area contributed by atoms with Gasteiger partial charge in [-0.05, 0) is 37.2 Å². The van der Waals surface area contributed by atoms with E-state index in [1.165, 1.54) is 44.1 Å². The highest BCUT2D eigenvalue weighted by atomic mass is 16.5. The molecule has 0 aromatic carbocycles. The van der Waals surface area contributed by atoms with Gasteiger partial charge in [-0.15, -0.1) is 0 Å². The van der Waals surface area contributed by atoms with Gasteiger partial charge in [0.1, 0.15) is 0 Å². The number of urea groups is 1. The highest BCUT2D eigenvalue weighted by Crippen LogP contribution is 2.21. The van der Waals surface area contributed by atoms with Crippen LogP contribution >= 0.6 is 0 Å². The number of rotatable bonds is 6. The molecule has 1 saturated heterocycles. The van der Waals surface area contributed by atoms with E-state index >= 15 is 0 Å². The van der Waals surface area contributed by atoms with Gasteiger partial charge in [0.2, 0.25) is 0 Å². The zero-order chi connectivity index (χ0) is 17.5. The Balaban J connectivity index is 1.30. The molecular weight excluding hydrogens is 316 g/mol. The van der Waals surface area contributed by atoms with Crippen LogP contribution in [0.15, 0.2) is 12.4 Å². The number of carbonyl (C=O) groups excluding carboxylic acids is 1. The van der Waals surface area contributed by atoms with Crippen LogP contribution in [0.4, 0.5) is 4.79 Å². The third kappa shape index (κ3) is 5.73. The molecule has 6 heteroatoms. The average molecular weight is 348 g/mol. The summed E-state index contributed by atoms with van der Waals surface area (Å²) in [6.45, 7) is 2.92. The number of hydrogen-bond donors (Lipinski definition) is 1. The number of ether oxygens (including phenoxy) is 1. The molecule has 3 rings (SSSR count). The van der Waals surface area contributed by atoms with Gasteiger partial charge in [-0.3, -0.25) is 4.68 Å². The van der Waals surface area contributed by atoms with Crippen molar-refractivity contribution in [3.05, 3.63) is 18.0 Å². The van der Waals surface area contributed by atoms with E-state index in [0.717, 1.165) is 25.9 Å². The molecule has 2 amide bonds. The molecule has 6 nitrogen and oxygen atoms in total. The van der Waals surface area contributed by atoms with Crippen molar-refractivity contribution in [1.29, 1.82) is 0 Å². The molecule has 1 aliphatic heterocycles. The molecule has 1 aliphatic carbocycles. The van der Waals surface area contributed by atoms with Crippen molar-refractivity contribution in [3.8, 4) is 0 Å². The summed E-state index contributed by atoms with van der Waals surface area (Å²) in [5.74, 6) is 0.539. The van der Waals surface area contributed by atoms with Gasteiger partial charge in [0.15, 0.2) is 0 Å². The number of likely N-dealkylation sites (tertiary alicyclic amines) is 1. The van der Waals surface area contributed by atoms with Crippen LogP contribution in [0.3, 0.4) is 0 Å². The van der Waals surface area contributed by atoms with Crippen molar-refractivity contribution in [3.63, 3.8) is 0 Å². The first-order chi connectivity index (χ1) is 12.2. The van der Waals surface area contributed by atoms with Crippen molar-refractivity contribution in [2.75, 3.05) is 26.2 Å². The van der Waals surface area contributed by atoms with E-state index in [1.54, 1.807) is 0 Å². The standard InChI is InChI=1S/C19H32N4O2/c1-22-14-17(13-21-22)12-16-8-10-23(15-16)19(24)20-9-11-25-18-6-4-2-3-5-7-18/h13-14,16,18H,2-12,15H2,1H3,(H,20,24). The van der Waals surface area contributed by atoms with Crippen molar-refractivity contribution in [1.82, 2.24) is 20.0 Å². The highest BCUT2D eigenvalue weighted by Gasteiger charge is 2.26. The molecule has 140 valence electrons. The smallest absolute Gasteiger partial charge is 0.317 e. The van der Waals surface area contributed by atoms with E-state index in [-0.39, 0.29) is 6.03 Å². The Morgan fingerprint density at radius 2 is 2.08 bits per heavy atom. The Hall–Kier alpha value is -1.56. The fraction of sp³-hybridized carbons (Fsp3) is 0.789. The van der Waals surface area contributed by atoms with Crippen LogP contribution in [-0.2, 0) is 18.2 Å². The number of hydrogen-bond acceptors (Lipinski definition) is 3. The maximum absolute atomic E-state index is 12.3. The van der Waals surface area contributed by atoms with Gasteiger partial charge in [-0.1, -0.05) is 25.7 Å². The summed E-state index contributed by atoms with van der Waals surface area (Å²) >= 11 is 0. The SMILES string of the molecule is Cn1cc(CC2CCN(C(=O)NCCOC3CCCCCC3)C2)cn1. The van der Waals surface area contributed by atoms with Gasteiger partial charge in [0.25, 0.3) is 0 Å². The maximum atomic E-state index is 12.3. The van der Waals surface area contributed by atoms with Crippen molar-refractivity contribution in [2.24, 2.45) is 13.0 Å². The van der Waals surface area contributed by atoms with Crippen molar-refractivity contribution >= 4 is 6.03 Å². The molecular formula is C19H32N4O2. The number of nitrogens with zero attached hydrogens (tertiary/aromatic N) is 3. The Labute approximate surface area is 150 Å². The lowest BCUT2D eigenvalue weighted by atomic mass is 10.0. The zero-order valence-corrected chi connectivity index (χ0v) is 15.5. The molecule has 1 saturated carbocycles. The fourth-order valence-electron chi connectivity index (χ4n) is 4.00. The number of carbonyl (C=O) groups is 1. The van der Waals surface area contributed by atoms with E-state index in [4.69, 9.17) is 4.74 Å². The summed E-state index contributed by atoms with van der Waals surface area (Å²) in [5, 5.41) is 7.23. The van der Waals surface area contributed by atoms with Gasteiger partial charge < -0.3 is 15.0 Å². The lowest BCUT2D eigenvalue weighted by molar-refractivity contribution is 0.0456. The first-order valence-electron chi connectivity index (χ1n) is 9.82. The van der Waals surface area contributed by atoms with E-state index < -0.39 is 0 Å². The molecule has 2 heterocycles. The summed E-state index contributed by atoms with van der Waals surface area (Å²) < 4.78 is 7.77. The summed E-state index contributed by atoms with van der Waals surface area (Å²) in [6, 6.07) is 0.0538. The molecule has 1 aromatic heterocycles. The fourth-order valence-corrected chi connectivity index (χ4v) is 4.00. The first-order valence-corrected chi connectivity index (χ1v) is 9.82. The monoisotopic (exact) mass is 348 g/mol. The third-order valence-corrected chi connectivity index (χ3v) is 5.39. The van der Waals surface area contributed by atoms with Crippen LogP contribution < -0.4 is 5.32 Å². The van der Waals surface area contributed by atoms with Gasteiger partial charge in [0, 0.05) is 32.9 Å². The molecule has 1 unspecified atom stereocenters. The summed E-state index contributed by atoms with van der Waals surface area (Å²) in [6.07, 6.45) is 14.1. The minimum absolute atomic E-state index is 0.0538. The maximum Gasteiger partial charge on any atom is 0.317 e. The van der Waals surface area contributed by atoms with Crippen LogP contribution in [0.2, 0.25) is 0 Å². The molecule has 0 bridgehead atoms. The number of aryl methyl sites for hydroxylation is 1. The highest BCUT2D eigenvalue weighted by molar-refractivity contribution is 5.74. The Morgan fingerprint density at radius 1 is 1.28 bits per heavy atom. The third-order valence-electron chi connectivity index (χ3n) is 5.39. The predicted molar refractivity (Wildman–Crippen MR) is 97.4 cm³/mol. The Bertz CT molecular complexity index is 537. The second-order valence-electron chi connectivity index (χ2n) is 7.54. The van der Waals surface area contributed by atoms with Crippen LogP contribution in [0.1, 0.15) is 50.5 Å². The summed E-state index contributed by atoms with van der Waals surface area (Å²) in [5.41, 5.74) is 1.26. The number of aromatic nitrogens is 2. The molecule has 0 spiro atoms. The second-order valence-corrected chi connectivity index (χ2v) is 7.54. The molecule has 25 heavy (non-hydrogen) atoms. The lowest BCUT2D eigenvalue weighted by Gasteiger charge is -2.19. The van der Waals surface area contributed by atoms with Gasteiger partial charge in [-0.25, -0.2) is 4.79 Å². The lowest BCUT2D eigenvalue weighted by Crippen LogP contribution is -2.40. The van der Waals surface area contributed by atoms with Crippen LogP contribution in [0, 0.1) is 5.92 Å². The molecule has 0 radical (unpaired) electrons. The van der Waals surface area contributed by atoms with Crippen molar-refractivity contribution in [2.45, 2.75) is 57.5 Å². The quantitative estimate of drug-likeness (QED) is 0.635. The van der Waals surface area contributed by atoms with Crippen molar-refractivity contribution < 1.29 is 9.53 Å². The van der Waals surface area contributed by atoms with Crippen LogP contribution in [0.5, 0.6) is 0 Å². The van der Waals surface area contributed by atoms with E-state index in [9.17, 15) is 4.79 Å². The predicted octanol–water partition coefficient (Wildman–Crippen LogP) is 2.73. The van der Waals surface area contributed by atoms with Gasteiger partial charge in [0.05, 0.1) is 18.9 Å². The minimum Gasteiger partial charge on any atom is -0.376 e. The topological polar surface area (TPSA) is 59.4 Å².